The maximum absolute atomic E-state index is 13.6. The second kappa shape index (κ2) is 12.7. The fraction of sp³-hybridized carbons (Fsp3) is 0.500. The zero-order valence-corrected chi connectivity index (χ0v) is 23.1. The highest BCUT2D eigenvalue weighted by atomic mass is 32.2. The Morgan fingerprint density at radius 3 is 2.08 bits per heavy atom. The van der Waals surface area contributed by atoms with Gasteiger partial charge in [-0.2, -0.15) is 4.31 Å². The molecule has 2 aromatic rings. The third-order valence-corrected chi connectivity index (χ3v) is 8.78. The molecule has 2 amide bonds. The van der Waals surface area contributed by atoms with Crippen molar-refractivity contribution in [2.75, 3.05) is 13.1 Å². The Bertz CT molecular complexity index is 1160. The van der Waals surface area contributed by atoms with E-state index < -0.39 is 16.1 Å². The summed E-state index contributed by atoms with van der Waals surface area (Å²) < 4.78 is 28.5. The van der Waals surface area contributed by atoms with Crippen molar-refractivity contribution in [2.45, 2.75) is 82.3 Å². The molecular formula is C28H40N4O4S. The molecule has 2 aromatic carbocycles. The molecule has 0 aliphatic carbocycles. The van der Waals surface area contributed by atoms with Crippen LogP contribution in [-0.2, 0) is 26.2 Å². The number of piperidine rings is 1. The monoisotopic (exact) mass is 528 g/mol. The fourth-order valence-electron chi connectivity index (χ4n) is 4.52. The quantitative estimate of drug-likeness (QED) is 0.437. The van der Waals surface area contributed by atoms with Crippen LogP contribution in [0.25, 0.3) is 0 Å². The number of hydrogen-bond acceptors (Lipinski definition) is 5. The third kappa shape index (κ3) is 7.40. The van der Waals surface area contributed by atoms with Crippen LogP contribution in [0.3, 0.4) is 0 Å². The summed E-state index contributed by atoms with van der Waals surface area (Å²) in [6.45, 7) is 8.97. The molecule has 0 spiro atoms. The molecule has 37 heavy (non-hydrogen) atoms. The van der Waals surface area contributed by atoms with E-state index in [0.717, 1.165) is 11.1 Å². The zero-order chi connectivity index (χ0) is 27.2. The Morgan fingerprint density at radius 1 is 0.973 bits per heavy atom. The Labute approximate surface area is 221 Å². The van der Waals surface area contributed by atoms with E-state index in [1.807, 2.05) is 50.2 Å². The van der Waals surface area contributed by atoms with E-state index in [9.17, 15) is 18.0 Å². The van der Waals surface area contributed by atoms with Crippen molar-refractivity contribution in [1.82, 2.24) is 14.9 Å². The average molecular weight is 529 g/mol. The molecule has 3 rings (SSSR count). The van der Waals surface area contributed by atoms with E-state index >= 15 is 0 Å². The molecule has 0 aromatic heterocycles. The fourth-order valence-corrected chi connectivity index (χ4v) is 6.13. The summed E-state index contributed by atoms with van der Waals surface area (Å²) in [6, 6.07) is 13.6. The standard InChI is InChI=1S/C28H40N4O4S/c1-19(2)22-7-5-21(6-8-22)18-30-28(34)26-17-24(31-27(33)13-15-29)14-16-32(26)37(35,36)25-11-9-23(10-12-25)20(3)4/h5-12,19-20,24,26H,13-18,29H2,1-4H3,(H,30,34)(H,31,33)/t24-,26-/m1/s1. The van der Waals surface area contributed by atoms with Gasteiger partial charge in [-0.3, -0.25) is 9.59 Å². The lowest BCUT2D eigenvalue weighted by Crippen LogP contribution is -2.57. The lowest BCUT2D eigenvalue weighted by Gasteiger charge is -2.38. The maximum Gasteiger partial charge on any atom is 0.243 e. The van der Waals surface area contributed by atoms with Crippen LogP contribution in [0.4, 0.5) is 0 Å². The van der Waals surface area contributed by atoms with E-state index in [0.29, 0.717) is 12.3 Å². The Kier molecular flexibility index (Phi) is 9.87. The highest BCUT2D eigenvalue weighted by molar-refractivity contribution is 7.89. The van der Waals surface area contributed by atoms with Gasteiger partial charge in [0.25, 0.3) is 0 Å². The smallest absolute Gasteiger partial charge is 0.243 e. The van der Waals surface area contributed by atoms with Gasteiger partial charge < -0.3 is 16.4 Å². The molecule has 4 N–H and O–H groups in total. The van der Waals surface area contributed by atoms with E-state index in [1.54, 1.807) is 12.1 Å². The summed E-state index contributed by atoms with van der Waals surface area (Å²) >= 11 is 0. The van der Waals surface area contributed by atoms with Gasteiger partial charge in [-0.25, -0.2) is 8.42 Å². The number of nitrogens with one attached hydrogen (secondary N) is 2. The number of nitrogens with two attached hydrogens (primary N) is 1. The molecule has 1 heterocycles. The van der Waals surface area contributed by atoms with Crippen LogP contribution < -0.4 is 16.4 Å². The molecule has 0 bridgehead atoms. The largest absolute Gasteiger partial charge is 0.353 e. The number of benzene rings is 2. The van der Waals surface area contributed by atoms with Crippen LogP contribution in [0, 0.1) is 0 Å². The van der Waals surface area contributed by atoms with Crippen molar-refractivity contribution < 1.29 is 18.0 Å². The van der Waals surface area contributed by atoms with Crippen LogP contribution in [0.1, 0.15) is 75.5 Å². The SMILES string of the molecule is CC(C)c1ccc(CNC(=O)[C@H]2C[C@H](NC(=O)CCN)CCN2S(=O)(=O)c2ccc(C(C)C)cc2)cc1. The van der Waals surface area contributed by atoms with Gasteiger partial charge in [0.2, 0.25) is 21.8 Å². The van der Waals surface area contributed by atoms with Gasteiger partial charge in [-0.05, 0) is 53.5 Å². The number of hydrogen-bond donors (Lipinski definition) is 3. The maximum atomic E-state index is 13.6. The van der Waals surface area contributed by atoms with Crippen molar-refractivity contribution in [1.29, 1.82) is 0 Å². The van der Waals surface area contributed by atoms with Gasteiger partial charge in [0.05, 0.1) is 4.90 Å². The molecule has 2 atom stereocenters. The summed E-state index contributed by atoms with van der Waals surface area (Å²) in [4.78, 5) is 25.7. The molecule has 1 fully saturated rings. The summed E-state index contributed by atoms with van der Waals surface area (Å²) in [7, 11) is -3.92. The molecule has 0 saturated carbocycles. The van der Waals surface area contributed by atoms with E-state index in [-0.39, 0.29) is 61.1 Å². The highest BCUT2D eigenvalue weighted by Crippen LogP contribution is 2.27. The molecule has 9 heteroatoms. The molecule has 1 aliphatic rings. The molecule has 0 unspecified atom stereocenters. The number of amides is 2. The van der Waals surface area contributed by atoms with Crippen LogP contribution >= 0.6 is 0 Å². The minimum Gasteiger partial charge on any atom is -0.353 e. The predicted molar refractivity (Wildman–Crippen MR) is 145 cm³/mol. The minimum absolute atomic E-state index is 0.128. The Morgan fingerprint density at radius 2 is 1.54 bits per heavy atom. The van der Waals surface area contributed by atoms with Crippen molar-refractivity contribution in [2.24, 2.45) is 5.73 Å². The number of carbonyl (C=O) groups excluding carboxylic acids is 2. The van der Waals surface area contributed by atoms with Gasteiger partial charge >= 0.3 is 0 Å². The first-order valence-corrected chi connectivity index (χ1v) is 14.4. The van der Waals surface area contributed by atoms with E-state index in [2.05, 4.69) is 24.5 Å². The lowest BCUT2D eigenvalue weighted by atomic mass is 9.98. The van der Waals surface area contributed by atoms with Gasteiger partial charge in [0.15, 0.2) is 0 Å². The van der Waals surface area contributed by atoms with Gasteiger partial charge in [-0.15, -0.1) is 0 Å². The second-order valence-corrected chi connectivity index (χ2v) is 12.2. The molecule has 8 nitrogen and oxygen atoms in total. The minimum atomic E-state index is -3.92. The van der Waals surface area contributed by atoms with Gasteiger partial charge in [0, 0.05) is 32.1 Å². The average Bonchev–Trinajstić information content (AvgIpc) is 2.87. The van der Waals surface area contributed by atoms with Crippen LogP contribution in [0.15, 0.2) is 53.4 Å². The van der Waals surface area contributed by atoms with Crippen molar-refractivity contribution in [3.05, 3.63) is 65.2 Å². The summed E-state index contributed by atoms with van der Waals surface area (Å²) in [5.74, 6) is 0.106. The first-order valence-electron chi connectivity index (χ1n) is 13.0. The Balaban J connectivity index is 1.80. The van der Waals surface area contributed by atoms with Crippen molar-refractivity contribution in [3.63, 3.8) is 0 Å². The Hall–Kier alpha value is -2.75. The van der Waals surface area contributed by atoms with Gasteiger partial charge in [-0.1, -0.05) is 64.1 Å². The van der Waals surface area contributed by atoms with Crippen molar-refractivity contribution >= 4 is 21.8 Å². The number of sulfonamides is 1. The van der Waals surface area contributed by atoms with Crippen molar-refractivity contribution in [3.8, 4) is 0 Å². The number of nitrogens with zero attached hydrogens (tertiary/aromatic N) is 1. The highest BCUT2D eigenvalue weighted by Gasteiger charge is 2.41. The first kappa shape index (κ1) is 28.8. The third-order valence-electron chi connectivity index (χ3n) is 6.86. The molecule has 202 valence electrons. The molecular weight excluding hydrogens is 488 g/mol. The molecule has 1 aliphatic heterocycles. The van der Waals surface area contributed by atoms with E-state index in [4.69, 9.17) is 5.73 Å². The molecule has 1 saturated heterocycles. The van der Waals surface area contributed by atoms with Crippen LogP contribution in [-0.4, -0.2) is 49.7 Å². The second-order valence-electron chi connectivity index (χ2n) is 10.3. The van der Waals surface area contributed by atoms with Crippen LogP contribution in [0.5, 0.6) is 0 Å². The van der Waals surface area contributed by atoms with E-state index in [1.165, 1.54) is 9.87 Å². The van der Waals surface area contributed by atoms with Crippen LogP contribution in [0.2, 0.25) is 0 Å². The first-order chi connectivity index (χ1) is 17.5. The summed E-state index contributed by atoms with van der Waals surface area (Å²) in [5.41, 5.74) is 8.67. The number of rotatable bonds is 10. The number of carbonyl (C=O) groups is 2. The summed E-state index contributed by atoms with van der Waals surface area (Å²) in [6.07, 6.45) is 0.793. The summed E-state index contributed by atoms with van der Waals surface area (Å²) in [5, 5.41) is 5.82. The van der Waals surface area contributed by atoms with Gasteiger partial charge in [0.1, 0.15) is 6.04 Å². The zero-order valence-electron chi connectivity index (χ0n) is 22.2. The lowest BCUT2D eigenvalue weighted by molar-refractivity contribution is -0.127. The normalized spacial score (nSPS) is 18.7. The topological polar surface area (TPSA) is 122 Å². The predicted octanol–water partition coefficient (Wildman–Crippen LogP) is 3.24. The molecule has 0 radical (unpaired) electrons.